The maximum atomic E-state index is 13.7. The summed E-state index contributed by atoms with van der Waals surface area (Å²) in [6.45, 7) is 5.93. The van der Waals surface area contributed by atoms with E-state index in [1.807, 2.05) is 20.8 Å². The molecule has 0 spiro atoms. The van der Waals surface area contributed by atoms with Gasteiger partial charge in [0, 0.05) is 4.47 Å². The molecule has 0 radical (unpaired) electrons. The first-order chi connectivity index (χ1) is 7.27. The van der Waals surface area contributed by atoms with Crippen molar-refractivity contribution in [2.75, 3.05) is 7.11 Å². The SMILES string of the molecule is COC(=O)c1c(F)cc(C(C)(C)C)cc1Br. The fourth-order valence-electron chi connectivity index (χ4n) is 1.30. The lowest BCUT2D eigenvalue weighted by atomic mass is 9.86. The Morgan fingerprint density at radius 1 is 1.38 bits per heavy atom. The fraction of sp³-hybridized carbons (Fsp3) is 0.417. The quantitative estimate of drug-likeness (QED) is 0.737. The smallest absolute Gasteiger partial charge is 0.342 e. The summed E-state index contributed by atoms with van der Waals surface area (Å²) < 4.78 is 18.7. The number of esters is 1. The van der Waals surface area contributed by atoms with Crippen LogP contribution < -0.4 is 0 Å². The first kappa shape index (κ1) is 13.2. The first-order valence-corrected chi connectivity index (χ1v) is 5.64. The molecule has 0 saturated carbocycles. The maximum Gasteiger partial charge on any atom is 0.342 e. The van der Waals surface area contributed by atoms with Crippen molar-refractivity contribution >= 4 is 21.9 Å². The van der Waals surface area contributed by atoms with E-state index in [9.17, 15) is 9.18 Å². The highest BCUT2D eigenvalue weighted by atomic mass is 79.9. The van der Waals surface area contributed by atoms with Gasteiger partial charge in [0.2, 0.25) is 0 Å². The number of methoxy groups -OCH3 is 1. The number of ether oxygens (including phenoxy) is 1. The third kappa shape index (κ3) is 2.61. The third-order valence-corrected chi connectivity index (χ3v) is 2.92. The molecule has 16 heavy (non-hydrogen) atoms. The van der Waals surface area contributed by atoms with E-state index in [1.165, 1.54) is 13.2 Å². The Balaban J connectivity index is 3.34. The van der Waals surface area contributed by atoms with Crippen LogP contribution in [0, 0.1) is 5.82 Å². The van der Waals surface area contributed by atoms with Crippen molar-refractivity contribution in [1.29, 1.82) is 0 Å². The zero-order chi connectivity index (χ0) is 12.5. The summed E-state index contributed by atoms with van der Waals surface area (Å²) in [5, 5.41) is 0. The van der Waals surface area contributed by atoms with Crippen LogP contribution in [-0.2, 0) is 10.2 Å². The molecule has 0 fully saturated rings. The van der Waals surface area contributed by atoms with Crippen LogP contribution in [0.2, 0.25) is 0 Å². The van der Waals surface area contributed by atoms with Gasteiger partial charge in [-0.15, -0.1) is 0 Å². The van der Waals surface area contributed by atoms with Crippen molar-refractivity contribution in [3.8, 4) is 0 Å². The monoisotopic (exact) mass is 288 g/mol. The van der Waals surface area contributed by atoms with Gasteiger partial charge in [0.15, 0.2) is 0 Å². The normalized spacial score (nSPS) is 11.4. The molecule has 0 heterocycles. The summed E-state index contributed by atoms with van der Waals surface area (Å²) in [7, 11) is 1.23. The molecule has 0 unspecified atom stereocenters. The van der Waals surface area contributed by atoms with Gasteiger partial charge in [-0.2, -0.15) is 0 Å². The van der Waals surface area contributed by atoms with Gasteiger partial charge in [-0.3, -0.25) is 0 Å². The zero-order valence-electron chi connectivity index (χ0n) is 9.73. The lowest BCUT2D eigenvalue weighted by molar-refractivity contribution is 0.0594. The van der Waals surface area contributed by atoms with Crippen LogP contribution in [0.1, 0.15) is 36.7 Å². The van der Waals surface area contributed by atoms with Crippen LogP contribution in [0.5, 0.6) is 0 Å². The minimum absolute atomic E-state index is 0.0597. The van der Waals surface area contributed by atoms with Gasteiger partial charge < -0.3 is 4.74 Å². The van der Waals surface area contributed by atoms with Gasteiger partial charge in [-0.05, 0) is 39.0 Å². The molecule has 2 nitrogen and oxygen atoms in total. The second kappa shape index (κ2) is 4.53. The molecule has 4 heteroatoms. The number of benzene rings is 1. The van der Waals surface area contributed by atoms with Crippen molar-refractivity contribution in [3.63, 3.8) is 0 Å². The van der Waals surface area contributed by atoms with E-state index < -0.39 is 11.8 Å². The number of hydrogen-bond acceptors (Lipinski definition) is 2. The molecule has 0 atom stereocenters. The van der Waals surface area contributed by atoms with E-state index in [-0.39, 0.29) is 11.0 Å². The Bertz CT molecular complexity index is 399. The highest BCUT2D eigenvalue weighted by molar-refractivity contribution is 9.10. The van der Waals surface area contributed by atoms with E-state index in [0.717, 1.165) is 5.56 Å². The molecular formula is C12H14BrFO2. The number of hydrogen-bond donors (Lipinski definition) is 0. The molecule has 0 aliphatic heterocycles. The summed E-state index contributed by atoms with van der Waals surface area (Å²) in [5.74, 6) is -1.24. The zero-order valence-corrected chi connectivity index (χ0v) is 11.3. The van der Waals surface area contributed by atoms with E-state index in [0.29, 0.717) is 4.47 Å². The number of carbonyl (C=O) groups is 1. The summed E-state index contributed by atoms with van der Waals surface area (Å²) in [6, 6.07) is 3.12. The van der Waals surface area contributed by atoms with Gasteiger partial charge in [-0.1, -0.05) is 20.8 Å². The maximum absolute atomic E-state index is 13.7. The van der Waals surface area contributed by atoms with E-state index in [4.69, 9.17) is 0 Å². The van der Waals surface area contributed by atoms with Crippen LogP contribution in [-0.4, -0.2) is 13.1 Å². The van der Waals surface area contributed by atoms with Gasteiger partial charge in [0.05, 0.1) is 7.11 Å². The number of halogens is 2. The predicted octanol–water partition coefficient (Wildman–Crippen LogP) is 3.67. The van der Waals surface area contributed by atoms with Gasteiger partial charge in [-0.25, -0.2) is 9.18 Å². The molecule has 0 aromatic heterocycles. The Morgan fingerprint density at radius 2 is 1.94 bits per heavy atom. The Hall–Kier alpha value is -0.900. The Morgan fingerprint density at radius 3 is 2.31 bits per heavy atom. The summed E-state index contributed by atoms with van der Waals surface area (Å²) in [6.07, 6.45) is 0. The lowest BCUT2D eigenvalue weighted by Gasteiger charge is -2.20. The highest BCUT2D eigenvalue weighted by Crippen LogP contribution is 2.29. The molecule has 1 aromatic rings. The van der Waals surface area contributed by atoms with E-state index in [1.54, 1.807) is 6.07 Å². The second-order valence-electron chi connectivity index (χ2n) is 4.56. The molecule has 1 rings (SSSR count). The number of carbonyl (C=O) groups excluding carboxylic acids is 1. The number of rotatable bonds is 1. The van der Waals surface area contributed by atoms with Crippen molar-refractivity contribution < 1.29 is 13.9 Å². The van der Waals surface area contributed by atoms with Crippen molar-refractivity contribution in [2.45, 2.75) is 26.2 Å². The molecule has 0 amide bonds. The van der Waals surface area contributed by atoms with E-state index >= 15 is 0 Å². The highest BCUT2D eigenvalue weighted by Gasteiger charge is 2.22. The molecule has 0 aliphatic carbocycles. The van der Waals surface area contributed by atoms with Crippen molar-refractivity contribution in [1.82, 2.24) is 0 Å². The third-order valence-electron chi connectivity index (χ3n) is 2.30. The van der Waals surface area contributed by atoms with Crippen LogP contribution in [0.25, 0.3) is 0 Å². The minimum atomic E-state index is -0.676. The van der Waals surface area contributed by atoms with Crippen LogP contribution in [0.4, 0.5) is 4.39 Å². The van der Waals surface area contributed by atoms with Crippen LogP contribution in [0.15, 0.2) is 16.6 Å². The molecule has 0 N–H and O–H groups in total. The van der Waals surface area contributed by atoms with Gasteiger partial charge in [0.1, 0.15) is 11.4 Å². The molecular weight excluding hydrogens is 275 g/mol. The molecule has 0 saturated heterocycles. The Labute approximate surface area is 103 Å². The lowest BCUT2D eigenvalue weighted by Crippen LogP contribution is -2.14. The minimum Gasteiger partial charge on any atom is -0.465 e. The summed E-state index contributed by atoms with van der Waals surface area (Å²) in [5.41, 5.74) is 0.595. The van der Waals surface area contributed by atoms with Crippen LogP contribution >= 0.6 is 15.9 Å². The molecule has 88 valence electrons. The fourth-order valence-corrected chi connectivity index (χ4v) is 1.90. The molecule has 1 aromatic carbocycles. The Kier molecular flexibility index (Phi) is 3.73. The average molecular weight is 289 g/mol. The van der Waals surface area contributed by atoms with E-state index in [2.05, 4.69) is 20.7 Å². The van der Waals surface area contributed by atoms with Gasteiger partial charge in [0.25, 0.3) is 0 Å². The second-order valence-corrected chi connectivity index (χ2v) is 5.41. The molecule has 0 bridgehead atoms. The average Bonchev–Trinajstić information content (AvgIpc) is 2.14. The molecule has 0 aliphatic rings. The largest absolute Gasteiger partial charge is 0.465 e. The standard InChI is InChI=1S/C12H14BrFO2/c1-12(2,3)7-5-8(13)10(9(14)6-7)11(15)16-4/h5-6H,1-4H3. The predicted molar refractivity (Wildman–Crippen MR) is 64.1 cm³/mol. The topological polar surface area (TPSA) is 26.3 Å². The van der Waals surface area contributed by atoms with Gasteiger partial charge >= 0.3 is 5.97 Å². The summed E-state index contributed by atoms with van der Waals surface area (Å²) in [4.78, 5) is 11.3. The summed E-state index contributed by atoms with van der Waals surface area (Å²) >= 11 is 3.19. The van der Waals surface area contributed by atoms with Crippen molar-refractivity contribution in [3.05, 3.63) is 33.5 Å². The first-order valence-electron chi connectivity index (χ1n) is 4.85. The van der Waals surface area contributed by atoms with Crippen LogP contribution in [0.3, 0.4) is 0 Å². The van der Waals surface area contributed by atoms with Crippen molar-refractivity contribution in [2.24, 2.45) is 0 Å².